The van der Waals surface area contributed by atoms with E-state index in [1.165, 1.54) is 0 Å². The quantitative estimate of drug-likeness (QED) is 0.667. The molecular formula is C8H8FNO. The summed E-state index contributed by atoms with van der Waals surface area (Å²) < 4.78 is 12.4. The summed E-state index contributed by atoms with van der Waals surface area (Å²) in [7, 11) is 0. The van der Waals surface area contributed by atoms with Crippen LogP contribution in [0.25, 0.3) is 0 Å². The Bertz CT molecular complexity index is 283. The van der Waals surface area contributed by atoms with Gasteiger partial charge in [0.2, 0.25) is 0 Å². The van der Waals surface area contributed by atoms with Crippen molar-refractivity contribution in [3.05, 3.63) is 23.8 Å². The molecule has 1 aliphatic rings. The zero-order valence-electron chi connectivity index (χ0n) is 5.92. The van der Waals surface area contributed by atoms with Gasteiger partial charge in [0.05, 0.1) is 11.9 Å². The third-order valence-electron chi connectivity index (χ3n) is 1.83. The number of aromatic hydroxyl groups is 1. The van der Waals surface area contributed by atoms with Crippen LogP contribution >= 0.6 is 0 Å². The molecule has 2 nitrogen and oxygen atoms in total. The highest BCUT2D eigenvalue weighted by atomic mass is 19.1. The first-order valence-electron chi connectivity index (χ1n) is 3.62. The topological polar surface area (TPSA) is 33.1 Å². The van der Waals surface area contributed by atoms with Crippen LogP contribution in [0.4, 0.5) is 4.39 Å². The fraction of sp³-hybridized carbons (Fsp3) is 0.375. The summed E-state index contributed by atoms with van der Waals surface area (Å²) in [5.41, 5.74) is 0.645. The van der Waals surface area contributed by atoms with E-state index < -0.39 is 5.82 Å². The van der Waals surface area contributed by atoms with Crippen molar-refractivity contribution in [1.82, 2.24) is 4.98 Å². The van der Waals surface area contributed by atoms with Crippen LogP contribution in [0, 0.1) is 5.82 Å². The van der Waals surface area contributed by atoms with Crippen LogP contribution in [0.15, 0.2) is 12.3 Å². The molecule has 0 bridgehead atoms. The molecule has 0 unspecified atom stereocenters. The standard InChI is InChI=1S/C8H8FNO/c9-6-3-7(11)8(10-4-6)5-1-2-5/h3-5,11H,1-2H2. The van der Waals surface area contributed by atoms with Crippen LogP contribution < -0.4 is 0 Å². The van der Waals surface area contributed by atoms with Crippen LogP contribution in [0.5, 0.6) is 5.75 Å². The molecule has 1 N–H and O–H groups in total. The van der Waals surface area contributed by atoms with Crippen molar-refractivity contribution in [2.24, 2.45) is 0 Å². The third kappa shape index (κ3) is 1.18. The highest BCUT2D eigenvalue weighted by Gasteiger charge is 2.27. The van der Waals surface area contributed by atoms with Crippen molar-refractivity contribution in [3.63, 3.8) is 0 Å². The van der Waals surface area contributed by atoms with E-state index in [9.17, 15) is 9.50 Å². The molecule has 58 valence electrons. The smallest absolute Gasteiger partial charge is 0.145 e. The van der Waals surface area contributed by atoms with Gasteiger partial charge in [-0.25, -0.2) is 4.39 Å². The predicted molar refractivity (Wildman–Crippen MR) is 37.8 cm³/mol. The zero-order valence-corrected chi connectivity index (χ0v) is 5.92. The minimum Gasteiger partial charge on any atom is -0.506 e. The fourth-order valence-corrected chi connectivity index (χ4v) is 1.11. The van der Waals surface area contributed by atoms with Crippen LogP contribution in [-0.2, 0) is 0 Å². The van der Waals surface area contributed by atoms with E-state index in [1.54, 1.807) is 0 Å². The Morgan fingerprint density at radius 1 is 1.55 bits per heavy atom. The summed E-state index contributed by atoms with van der Waals surface area (Å²) in [6.45, 7) is 0. The van der Waals surface area contributed by atoms with Crippen molar-refractivity contribution in [2.75, 3.05) is 0 Å². The molecule has 0 atom stereocenters. The summed E-state index contributed by atoms with van der Waals surface area (Å²) in [5.74, 6) is -0.116. The lowest BCUT2D eigenvalue weighted by molar-refractivity contribution is 0.456. The molecule has 2 rings (SSSR count). The second-order valence-electron chi connectivity index (χ2n) is 2.83. The minimum atomic E-state index is -0.480. The lowest BCUT2D eigenvalue weighted by Crippen LogP contribution is -1.87. The molecule has 0 amide bonds. The summed E-state index contributed by atoms with van der Waals surface area (Å²) >= 11 is 0. The lowest BCUT2D eigenvalue weighted by atomic mass is 10.2. The predicted octanol–water partition coefficient (Wildman–Crippen LogP) is 1.80. The van der Waals surface area contributed by atoms with E-state index in [4.69, 9.17) is 0 Å². The first-order valence-corrected chi connectivity index (χ1v) is 3.62. The monoisotopic (exact) mass is 153 g/mol. The van der Waals surface area contributed by atoms with Crippen LogP contribution in [0.1, 0.15) is 24.5 Å². The van der Waals surface area contributed by atoms with Gasteiger partial charge in [-0.1, -0.05) is 0 Å². The average Bonchev–Trinajstić information content (AvgIpc) is 2.70. The molecule has 11 heavy (non-hydrogen) atoms. The highest BCUT2D eigenvalue weighted by Crippen LogP contribution is 2.42. The van der Waals surface area contributed by atoms with Gasteiger partial charge in [-0.2, -0.15) is 0 Å². The Kier molecular flexibility index (Phi) is 1.31. The molecule has 1 fully saturated rings. The van der Waals surface area contributed by atoms with Gasteiger partial charge in [0.1, 0.15) is 11.6 Å². The van der Waals surface area contributed by atoms with Gasteiger partial charge in [-0.05, 0) is 12.8 Å². The van der Waals surface area contributed by atoms with E-state index in [1.807, 2.05) is 0 Å². The maximum absolute atomic E-state index is 12.4. The molecule has 1 aliphatic carbocycles. The van der Waals surface area contributed by atoms with Gasteiger partial charge < -0.3 is 5.11 Å². The Labute approximate surface area is 63.7 Å². The Morgan fingerprint density at radius 3 is 2.82 bits per heavy atom. The van der Waals surface area contributed by atoms with E-state index >= 15 is 0 Å². The van der Waals surface area contributed by atoms with Gasteiger partial charge in [0.15, 0.2) is 0 Å². The number of aromatic nitrogens is 1. The summed E-state index contributed by atoms with van der Waals surface area (Å²) in [6, 6.07) is 1.11. The Hall–Kier alpha value is -1.12. The molecule has 3 heteroatoms. The number of hydrogen-bond donors (Lipinski definition) is 1. The minimum absolute atomic E-state index is 0.00694. The normalized spacial score (nSPS) is 16.8. The van der Waals surface area contributed by atoms with Gasteiger partial charge >= 0.3 is 0 Å². The maximum atomic E-state index is 12.4. The van der Waals surface area contributed by atoms with Gasteiger partial charge in [-0.15, -0.1) is 0 Å². The fourth-order valence-electron chi connectivity index (χ4n) is 1.11. The first kappa shape index (κ1) is 6.58. The Balaban J connectivity index is 2.39. The average molecular weight is 153 g/mol. The molecule has 0 radical (unpaired) electrons. The van der Waals surface area contributed by atoms with Crippen molar-refractivity contribution >= 4 is 0 Å². The highest BCUT2D eigenvalue weighted by molar-refractivity contribution is 5.31. The molecule has 1 aromatic rings. The number of hydrogen-bond acceptors (Lipinski definition) is 2. The molecular weight excluding hydrogens is 145 g/mol. The summed E-state index contributed by atoms with van der Waals surface area (Å²) in [5, 5.41) is 9.20. The van der Waals surface area contributed by atoms with Crippen LogP contribution in [0.3, 0.4) is 0 Å². The van der Waals surface area contributed by atoms with Crippen molar-refractivity contribution < 1.29 is 9.50 Å². The van der Waals surface area contributed by atoms with E-state index in [-0.39, 0.29) is 5.75 Å². The van der Waals surface area contributed by atoms with Gasteiger partial charge in [-0.3, -0.25) is 4.98 Å². The maximum Gasteiger partial charge on any atom is 0.145 e. The SMILES string of the molecule is Oc1cc(F)cnc1C1CC1. The zero-order chi connectivity index (χ0) is 7.84. The van der Waals surface area contributed by atoms with Crippen molar-refractivity contribution in [1.29, 1.82) is 0 Å². The van der Waals surface area contributed by atoms with E-state index in [0.29, 0.717) is 11.6 Å². The summed E-state index contributed by atoms with van der Waals surface area (Å²) in [6.07, 6.45) is 3.27. The van der Waals surface area contributed by atoms with Gasteiger partial charge in [0, 0.05) is 12.0 Å². The first-order chi connectivity index (χ1) is 5.27. The number of halogens is 1. The molecule has 0 spiro atoms. The van der Waals surface area contributed by atoms with Crippen molar-refractivity contribution in [3.8, 4) is 5.75 Å². The Morgan fingerprint density at radius 2 is 2.27 bits per heavy atom. The molecule has 1 heterocycles. The molecule has 1 saturated carbocycles. The second-order valence-corrected chi connectivity index (χ2v) is 2.83. The number of rotatable bonds is 1. The molecule has 0 saturated heterocycles. The van der Waals surface area contributed by atoms with E-state index in [0.717, 1.165) is 25.1 Å². The second kappa shape index (κ2) is 2.19. The van der Waals surface area contributed by atoms with E-state index in [2.05, 4.69) is 4.98 Å². The van der Waals surface area contributed by atoms with Crippen molar-refractivity contribution in [2.45, 2.75) is 18.8 Å². The van der Waals surface area contributed by atoms with Crippen LogP contribution in [-0.4, -0.2) is 10.1 Å². The van der Waals surface area contributed by atoms with Gasteiger partial charge in [0.25, 0.3) is 0 Å². The number of pyridine rings is 1. The third-order valence-corrected chi connectivity index (χ3v) is 1.83. The largest absolute Gasteiger partial charge is 0.506 e. The molecule has 0 aromatic carbocycles. The number of nitrogens with zero attached hydrogens (tertiary/aromatic N) is 1. The summed E-state index contributed by atoms with van der Waals surface area (Å²) in [4.78, 5) is 3.81. The van der Waals surface area contributed by atoms with Crippen LogP contribution in [0.2, 0.25) is 0 Å². The molecule has 0 aliphatic heterocycles. The molecule has 1 aromatic heterocycles. The lowest BCUT2D eigenvalue weighted by Gasteiger charge is -1.99.